The van der Waals surface area contributed by atoms with Crippen molar-refractivity contribution in [3.05, 3.63) is 52.6 Å². The number of nitrogens with zero attached hydrogens (tertiary/aromatic N) is 2. The number of amides is 1. The summed E-state index contributed by atoms with van der Waals surface area (Å²) in [5.74, 6) is 0.682. The summed E-state index contributed by atoms with van der Waals surface area (Å²) in [5.41, 5.74) is 0.393. The number of likely N-dealkylation sites (tertiary alicyclic amines) is 1. The largest absolute Gasteiger partial charge is 0.438 e. The van der Waals surface area contributed by atoms with Crippen molar-refractivity contribution in [2.75, 3.05) is 13.1 Å². The summed E-state index contributed by atoms with van der Waals surface area (Å²) in [4.78, 5) is 18.0. The van der Waals surface area contributed by atoms with E-state index < -0.39 is 6.10 Å². The molecule has 1 N–H and O–H groups in total. The minimum absolute atomic E-state index is 0.182. The molecule has 108 valence electrons. The Bertz CT molecular complexity index is 671. The Kier molecular flexibility index (Phi) is 3.90. The SMILES string of the molecule is O=C(c1cccnc1Oc1cccc(Br)c1)N1CC(O)C1. The summed E-state index contributed by atoms with van der Waals surface area (Å²) in [6.07, 6.45) is 1.15. The Morgan fingerprint density at radius 1 is 1.33 bits per heavy atom. The lowest BCUT2D eigenvalue weighted by atomic mass is 10.1. The van der Waals surface area contributed by atoms with Crippen molar-refractivity contribution in [1.29, 1.82) is 0 Å². The number of carbonyl (C=O) groups is 1. The molecule has 1 saturated heterocycles. The number of aliphatic hydroxyl groups is 1. The van der Waals surface area contributed by atoms with Crippen molar-refractivity contribution in [3.63, 3.8) is 0 Å². The number of pyridine rings is 1. The van der Waals surface area contributed by atoms with E-state index in [1.807, 2.05) is 12.1 Å². The molecule has 0 spiro atoms. The first-order chi connectivity index (χ1) is 10.1. The Hall–Kier alpha value is -1.92. The van der Waals surface area contributed by atoms with E-state index in [2.05, 4.69) is 20.9 Å². The van der Waals surface area contributed by atoms with E-state index in [4.69, 9.17) is 4.74 Å². The van der Waals surface area contributed by atoms with Gasteiger partial charge in [0.05, 0.1) is 6.10 Å². The maximum Gasteiger partial charge on any atom is 0.259 e. The van der Waals surface area contributed by atoms with Crippen molar-refractivity contribution in [2.45, 2.75) is 6.10 Å². The number of benzene rings is 1. The van der Waals surface area contributed by atoms with Crippen LogP contribution in [-0.2, 0) is 0 Å². The van der Waals surface area contributed by atoms with Gasteiger partial charge in [-0.05, 0) is 30.3 Å². The highest BCUT2D eigenvalue weighted by Gasteiger charge is 2.31. The zero-order valence-electron chi connectivity index (χ0n) is 11.1. The van der Waals surface area contributed by atoms with Crippen molar-refractivity contribution >= 4 is 21.8 Å². The first kappa shape index (κ1) is 14.0. The first-order valence-electron chi connectivity index (χ1n) is 6.49. The van der Waals surface area contributed by atoms with Crippen LogP contribution in [0, 0.1) is 0 Å². The molecule has 3 rings (SSSR count). The van der Waals surface area contributed by atoms with Crippen molar-refractivity contribution in [2.24, 2.45) is 0 Å². The molecule has 0 unspecified atom stereocenters. The smallest absolute Gasteiger partial charge is 0.259 e. The number of carbonyl (C=O) groups excluding carboxylic acids is 1. The normalized spacial score (nSPS) is 14.7. The zero-order valence-corrected chi connectivity index (χ0v) is 12.7. The number of hydrogen-bond acceptors (Lipinski definition) is 4. The number of rotatable bonds is 3. The van der Waals surface area contributed by atoms with Gasteiger partial charge in [0.15, 0.2) is 0 Å². The molecular weight excluding hydrogens is 336 g/mol. The van der Waals surface area contributed by atoms with Crippen LogP contribution in [0.2, 0.25) is 0 Å². The third-order valence-electron chi connectivity index (χ3n) is 3.16. The van der Waals surface area contributed by atoms with Crippen LogP contribution in [0.15, 0.2) is 47.1 Å². The standard InChI is InChI=1S/C15H13BrN2O3/c16-10-3-1-4-12(7-10)21-14-13(5-2-6-17-14)15(20)18-8-11(19)9-18/h1-7,11,19H,8-9H2. The molecule has 6 heteroatoms. The van der Waals surface area contributed by atoms with Crippen LogP contribution < -0.4 is 4.74 Å². The fraction of sp³-hybridized carbons (Fsp3) is 0.200. The lowest BCUT2D eigenvalue weighted by Gasteiger charge is -2.35. The number of halogens is 1. The summed E-state index contributed by atoms with van der Waals surface area (Å²) in [7, 11) is 0. The first-order valence-corrected chi connectivity index (χ1v) is 7.28. The van der Waals surface area contributed by atoms with Crippen molar-refractivity contribution in [3.8, 4) is 11.6 Å². The average molecular weight is 349 g/mol. The minimum atomic E-state index is -0.430. The number of hydrogen-bond donors (Lipinski definition) is 1. The molecule has 1 aliphatic heterocycles. The van der Waals surface area contributed by atoms with Crippen molar-refractivity contribution < 1.29 is 14.6 Å². The fourth-order valence-electron chi connectivity index (χ4n) is 2.07. The minimum Gasteiger partial charge on any atom is -0.438 e. The Morgan fingerprint density at radius 3 is 2.86 bits per heavy atom. The molecule has 1 aromatic heterocycles. The second-order valence-corrected chi connectivity index (χ2v) is 5.70. The highest BCUT2D eigenvalue weighted by molar-refractivity contribution is 9.10. The summed E-state index contributed by atoms with van der Waals surface area (Å²) < 4.78 is 6.59. The molecule has 0 atom stereocenters. The van der Waals surface area contributed by atoms with E-state index in [9.17, 15) is 9.90 Å². The van der Waals surface area contributed by atoms with E-state index in [1.54, 1.807) is 35.4 Å². The number of β-amino-alcohol motifs (C(OH)–C–C–N with tert-alkyl or cyclic N) is 1. The molecule has 0 saturated carbocycles. The molecule has 0 aliphatic carbocycles. The average Bonchev–Trinajstić information content (AvgIpc) is 2.44. The lowest BCUT2D eigenvalue weighted by Crippen LogP contribution is -2.53. The second-order valence-electron chi connectivity index (χ2n) is 4.78. The summed E-state index contributed by atoms with van der Waals surface area (Å²) in [6, 6.07) is 10.7. The number of ether oxygens (including phenoxy) is 1. The molecule has 2 heterocycles. The Morgan fingerprint density at radius 2 is 2.14 bits per heavy atom. The van der Waals surface area contributed by atoms with Gasteiger partial charge in [-0.25, -0.2) is 4.98 Å². The van der Waals surface area contributed by atoms with E-state index in [0.717, 1.165) is 4.47 Å². The third-order valence-corrected chi connectivity index (χ3v) is 3.65. The van der Waals surface area contributed by atoms with Crippen LogP contribution in [0.1, 0.15) is 10.4 Å². The summed E-state index contributed by atoms with van der Waals surface area (Å²) >= 11 is 3.37. The predicted molar refractivity (Wildman–Crippen MR) is 80.4 cm³/mol. The monoisotopic (exact) mass is 348 g/mol. The van der Waals surface area contributed by atoms with Crippen LogP contribution in [0.25, 0.3) is 0 Å². The predicted octanol–water partition coefficient (Wildman–Crippen LogP) is 2.45. The molecule has 1 aliphatic rings. The topological polar surface area (TPSA) is 62.7 Å². The quantitative estimate of drug-likeness (QED) is 0.925. The van der Waals surface area contributed by atoms with Gasteiger partial charge in [0.2, 0.25) is 5.88 Å². The van der Waals surface area contributed by atoms with Gasteiger partial charge in [0.25, 0.3) is 5.91 Å². The van der Waals surface area contributed by atoms with Crippen LogP contribution >= 0.6 is 15.9 Å². The zero-order chi connectivity index (χ0) is 14.8. The van der Waals surface area contributed by atoms with Gasteiger partial charge in [-0.2, -0.15) is 0 Å². The lowest BCUT2D eigenvalue weighted by molar-refractivity contribution is 0.00569. The molecule has 5 nitrogen and oxygen atoms in total. The van der Waals surface area contributed by atoms with E-state index in [0.29, 0.717) is 24.4 Å². The van der Waals surface area contributed by atoms with Gasteiger partial charge in [0.1, 0.15) is 11.3 Å². The molecule has 21 heavy (non-hydrogen) atoms. The van der Waals surface area contributed by atoms with E-state index in [-0.39, 0.29) is 11.8 Å². The molecule has 1 aromatic carbocycles. The van der Waals surface area contributed by atoms with Crippen LogP contribution in [0.5, 0.6) is 11.6 Å². The summed E-state index contributed by atoms with van der Waals surface area (Å²) in [6.45, 7) is 0.702. The molecular formula is C15H13BrN2O3. The van der Waals surface area contributed by atoms with Gasteiger partial charge in [-0.3, -0.25) is 4.79 Å². The van der Waals surface area contributed by atoms with Gasteiger partial charge < -0.3 is 14.7 Å². The highest BCUT2D eigenvalue weighted by atomic mass is 79.9. The Labute approximate surface area is 130 Å². The summed E-state index contributed by atoms with van der Waals surface area (Å²) in [5, 5.41) is 9.30. The molecule has 1 fully saturated rings. The highest BCUT2D eigenvalue weighted by Crippen LogP contribution is 2.27. The van der Waals surface area contributed by atoms with Crippen LogP contribution in [0.4, 0.5) is 0 Å². The van der Waals surface area contributed by atoms with Gasteiger partial charge in [0, 0.05) is 23.8 Å². The second kappa shape index (κ2) is 5.83. The van der Waals surface area contributed by atoms with Crippen LogP contribution in [0.3, 0.4) is 0 Å². The van der Waals surface area contributed by atoms with Gasteiger partial charge in [-0.15, -0.1) is 0 Å². The van der Waals surface area contributed by atoms with E-state index in [1.165, 1.54) is 0 Å². The fourth-order valence-corrected chi connectivity index (χ4v) is 2.45. The maximum atomic E-state index is 12.3. The number of aromatic nitrogens is 1. The van der Waals surface area contributed by atoms with Gasteiger partial charge >= 0.3 is 0 Å². The number of aliphatic hydroxyl groups excluding tert-OH is 1. The molecule has 0 bridgehead atoms. The molecule has 2 aromatic rings. The van der Waals surface area contributed by atoms with E-state index >= 15 is 0 Å². The molecule has 1 amide bonds. The Balaban J connectivity index is 1.84. The molecule has 0 radical (unpaired) electrons. The van der Waals surface area contributed by atoms with Crippen LogP contribution in [-0.4, -0.2) is 40.1 Å². The maximum absolute atomic E-state index is 12.3. The van der Waals surface area contributed by atoms with Crippen molar-refractivity contribution in [1.82, 2.24) is 9.88 Å². The van der Waals surface area contributed by atoms with Gasteiger partial charge in [-0.1, -0.05) is 22.0 Å². The third kappa shape index (κ3) is 3.06.